The molecule has 0 atom stereocenters. The minimum absolute atomic E-state index is 0.277. The van der Waals surface area contributed by atoms with E-state index in [1.165, 1.54) is 12.3 Å². The Bertz CT molecular complexity index is 225. The molecule has 60 valence electrons. The summed E-state index contributed by atoms with van der Waals surface area (Å²) in [4.78, 5) is 3.72. The molecule has 0 spiro atoms. The topological polar surface area (TPSA) is 24.9 Å². The molecule has 0 aliphatic heterocycles. The number of halogens is 1. The summed E-state index contributed by atoms with van der Waals surface area (Å²) in [5, 5.41) is 3.09. The number of nitrogens with one attached hydrogen (secondary N) is 1. The maximum absolute atomic E-state index is 12.5. The van der Waals surface area contributed by atoms with Crippen LogP contribution in [0.15, 0.2) is 18.5 Å². The zero-order valence-electron chi connectivity index (χ0n) is 6.47. The van der Waals surface area contributed by atoms with Gasteiger partial charge in [-0.2, -0.15) is 0 Å². The highest BCUT2D eigenvalue weighted by Crippen LogP contribution is 1.99. The van der Waals surface area contributed by atoms with Crippen molar-refractivity contribution in [2.24, 2.45) is 0 Å². The lowest BCUT2D eigenvalue weighted by atomic mass is 10.3. The lowest BCUT2D eigenvalue weighted by molar-refractivity contribution is 0.614. The fourth-order valence-electron chi connectivity index (χ4n) is 0.822. The maximum Gasteiger partial charge on any atom is 0.141 e. The second-order valence-electron chi connectivity index (χ2n) is 2.29. The fourth-order valence-corrected chi connectivity index (χ4v) is 0.822. The highest BCUT2D eigenvalue weighted by molar-refractivity contribution is 5.09. The summed E-state index contributed by atoms with van der Waals surface area (Å²) in [6.45, 7) is 3.57. The Morgan fingerprint density at radius 2 is 2.36 bits per heavy atom. The van der Waals surface area contributed by atoms with Crippen molar-refractivity contribution in [3.05, 3.63) is 29.8 Å². The molecule has 0 amide bonds. The molecule has 1 aromatic heterocycles. The van der Waals surface area contributed by atoms with Crippen molar-refractivity contribution in [1.29, 1.82) is 0 Å². The van der Waals surface area contributed by atoms with E-state index < -0.39 is 0 Å². The predicted octanol–water partition coefficient (Wildman–Crippen LogP) is 1.33. The van der Waals surface area contributed by atoms with Crippen molar-refractivity contribution >= 4 is 0 Å². The van der Waals surface area contributed by atoms with Crippen molar-refractivity contribution in [2.45, 2.75) is 13.5 Å². The first-order valence-electron chi connectivity index (χ1n) is 3.63. The molecular formula is C8H11FN2. The second kappa shape index (κ2) is 4.03. The molecule has 0 unspecified atom stereocenters. The molecule has 0 aromatic carbocycles. The van der Waals surface area contributed by atoms with Crippen molar-refractivity contribution < 1.29 is 4.39 Å². The quantitative estimate of drug-likeness (QED) is 0.710. The Hall–Kier alpha value is -0.960. The fraction of sp³-hybridized carbons (Fsp3) is 0.375. The van der Waals surface area contributed by atoms with E-state index in [2.05, 4.69) is 10.3 Å². The minimum atomic E-state index is -0.277. The van der Waals surface area contributed by atoms with Crippen LogP contribution in [-0.4, -0.2) is 11.5 Å². The van der Waals surface area contributed by atoms with Crippen molar-refractivity contribution in [2.75, 3.05) is 6.54 Å². The van der Waals surface area contributed by atoms with E-state index in [9.17, 15) is 4.39 Å². The Morgan fingerprint density at radius 3 is 3.00 bits per heavy atom. The van der Waals surface area contributed by atoms with Crippen LogP contribution in [0.3, 0.4) is 0 Å². The van der Waals surface area contributed by atoms with Crippen molar-refractivity contribution in [3.63, 3.8) is 0 Å². The molecule has 0 fully saturated rings. The molecule has 1 rings (SSSR count). The summed E-state index contributed by atoms with van der Waals surface area (Å²) in [6, 6.07) is 1.48. The lowest BCUT2D eigenvalue weighted by Crippen LogP contribution is -2.11. The number of pyridine rings is 1. The summed E-state index contributed by atoms with van der Waals surface area (Å²) < 4.78 is 12.5. The molecule has 0 aliphatic carbocycles. The van der Waals surface area contributed by atoms with Crippen LogP contribution in [0.25, 0.3) is 0 Å². The Morgan fingerprint density at radius 1 is 1.55 bits per heavy atom. The molecule has 0 bridgehead atoms. The van der Waals surface area contributed by atoms with E-state index in [1.54, 1.807) is 6.20 Å². The lowest BCUT2D eigenvalue weighted by Gasteiger charge is -1.99. The van der Waals surface area contributed by atoms with E-state index in [0.717, 1.165) is 12.1 Å². The number of hydrogen-bond donors (Lipinski definition) is 1. The third-order valence-electron chi connectivity index (χ3n) is 1.34. The second-order valence-corrected chi connectivity index (χ2v) is 2.29. The van der Waals surface area contributed by atoms with E-state index in [0.29, 0.717) is 6.54 Å². The monoisotopic (exact) mass is 154 g/mol. The van der Waals surface area contributed by atoms with Gasteiger partial charge in [0.2, 0.25) is 0 Å². The van der Waals surface area contributed by atoms with E-state index >= 15 is 0 Å². The molecule has 2 nitrogen and oxygen atoms in total. The van der Waals surface area contributed by atoms with Crippen LogP contribution in [0.5, 0.6) is 0 Å². The highest BCUT2D eigenvalue weighted by atomic mass is 19.1. The van der Waals surface area contributed by atoms with Gasteiger partial charge >= 0.3 is 0 Å². The predicted molar refractivity (Wildman–Crippen MR) is 41.6 cm³/mol. The van der Waals surface area contributed by atoms with Gasteiger partial charge < -0.3 is 5.32 Å². The summed E-state index contributed by atoms with van der Waals surface area (Å²) in [5.74, 6) is -0.277. The first-order chi connectivity index (χ1) is 5.33. The summed E-state index contributed by atoms with van der Waals surface area (Å²) in [7, 11) is 0. The van der Waals surface area contributed by atoms with Crippen LogP contribution in [-0.2, 0) is 6.54 Å². The SMILES string of the molecule is CCNCc1cncc(F)c1. The van der Waals surface area contributed by atoms with Crippen LogP contribution in [0.1, 0.15) is 12.5 Å². The van der Waals surface area contributed by atoms with E-state index in [-0.39, 0.29) is 5.82 Å². The van der Waals surface area contributed by atoms with Gasteiger partial charge in [0.15, 0.2) is 0 Å². The Kier molecular flexibility index (Phi) is 2.98. The molecule has 0 saturated carbocycles. The van der Waals surface area contributed by atoms with Gasteiger partial charge in [-0.25, -0.2) is 4.39 Å². The van der Waals surface area contributed by atoms with Gasteiger partial charge in [0.1, 0.15) is 5.82 Å². The summed E-state index contributed by atoms with van der Waals surface area (Å²) in [6.07, 6.45) is 2.86. The van der Waals surface area contributed by atoms with Gasteiger partial charge in [-0.15, -0.1) is 0 Å². The third-order valence-corrected chi connectivity index (χ3v) is 1.34. The zero-order chi connectivity index (χ0) is 8.10. The summed E-state index contributed by atoms with van der Waals surface area (Å²) >= 11 is 0. The maximum atomic E-state index is 12.5. The average molecular weight is 154 g/mol. The Balaban J connectivity index is 2.56. The highest BCUT2D eigenvalue weighted by Gasteiger charge is 1.93. The molecule has 1 aromatic rings. The molecular weight excluding hydrogens is 143 g/mol. The van der Waals surface area contributed by atoms with Gasteiger partial charge in [0.05, 0.1) is 6.20 Å². The summed E-state index contributed by atoms with van der Waals surface area (Å²) in [5.41, 5.74) is 0.881. The molecule has 0 radical (unpaired) electrons. The van der Waals surface area contributed by atoms with Crippen LogP contribution >= 0.6 is 0 Å². The Labute approximate surface area is 65.5 Å². The number of aromatic nitrogens is 1. The molecule has 0 aliphatic rings. The van der Waals surface area contributed by atoms with Crippen molar-refractivity contribution in [3.8, 4) is 0 Å². The van der Waals surface area contributed by atoms with E-state index in [1.807, 2.05) is 6.92 Å². The van der Waals surface area contributed by atoms with Crippen LogP contribution in [0.4, 0.5) is 4.39 Å². The van der Waals surface area contributed by atoms with Gasteiger partial charge in [0.25, 0.3) is 0 Å². The minimum Gasteiger partial charge on any atom is -0.313 e. The number of nitrogens with zero attached hydrogens (tertiary/aromatic N) is 1. The molecule has 1 heterocycles. The standard InChI is InChI=1S/C8H11FN2/c1-2-10-4-7-3-8(9)6-11-5-7/h3,5-6,10H,2,4H2,1H3. The van der Waals surface area contributed by atoms with E-state index in [4.69, 9.17) is 0 Å². The van der Waals surface area contributed by atoms with Crippen LogP contribution < -0.4 is 5.32 Å². The largest absolute Gasteiger partial charge is 0.313 e. The third kappa shape index (κ3) is 2.63. The van der Waals surface area contributed by atoms with Gasteiger partial charge in [0, 0.05) is 12.7 Å². The first-order valence-corrected chi connectivity index (χ1v) is 3.63. The van der Waals surface area contributed by atoms with Gasteiger partial charge in [-0.1, -0.05) is 6.92 Å². The van der Waals surface area contributed by atoms with Crippen molar-refractivity contribution in [1.82, 2.24) is 10.3 Å². The normalized spacial score (nSPS) is 10.0. The van der Waals surface area contributed by atoms with Gasteiger partial charge in [-0.05, 0) is 18.2 Å². The van der Waals surface area contributed by atoms with Crippen LogP contribution in [0.2, 0.25) is 0 Å². The average Bonchev–Trinajstić information content (AvgIpc) is 2.01. The van der Waals surface area contributed by atoms with Gasteiger partial charge in [-0.3, -0.25) is 4.98 Å². The number of hydrogen-bond acceptors (Lipinski definition) is 2. The molecule has 0 saturated heterocycles. The molecule has 1 N–H and O–H groups in total. The first kappa shape index (κ1) is 8.14. The smallest absolute Gasteiger partial charge is 0.141 e. The van der Waals surface area contributed by atoms with Crippen LogP contribution in [0, 0.1) is 5.82 Å². The zero-order valence-corrected chi connectivity index (χ0v) is 6.47. The molecule has 3 heteroatoms. The number of rotatable bonds is 3. The molecule has 11 heavy (non-hydrogen) atoms.